The van der Waals surface area contributed by atoms with Gasteiger partial charge < -0.3 is 15.4 Å². The van der Waals surface area contributed by atoms with Crippen LogP contribution in [-0.4, -0.2) is 66.1 Å². The van der Waals surface area contributed by atoms with Crippen molar-refractivity contribution >= 4 is 42.8 Å². The van der Waals surface area contributed by atoms with E-state index in [1.807, 2.05) is 0 Å². The average Bonchev–Trinajstić information content (AvgIpc) is 2.67. The quantitative estimate of drug-likeness (QED) is 0.169. The van der Waals surface area contributed by atoms with E-state index < -0.39 is 38.4 Å². The average molecular weight is 484 g/mol. The van der Waals surface area contributed by atoms with Gasteiger partial charge in [0.15, 0.2) is 11.2 Å². The summed E-state index contributed by atoms with van der Waals surface area (Å²) in [7, 11) is -3.86. The second-order valence-electron chi connectivity index (χ2n) is 7.81. The van der Waals surface area contributed by atoms with Gasteiger partial charge in [0.25, 0.3) is 5.91 Å². The molecule has 2 amide bonds. The molecule has 1 aliphatic rings. The molecule has 31 heavy (non-hydrogen) atoms. The third-order valence-electron chi connectivity index (χ3n) is 4.06. The molecule has 0 bridgehead atoms. The molecule has 0 aliphatic carbocycles. The summed E-state index contributed by atoms with van der Waals surface area (Å²) in [5.41, 5.74) is -0.777. The number of esters is 1. The first-order valence-electron chi connectivity index (χ1n) is 9.80. The Morgan fingerprint density at radius 2 is 1.90 bits per heavy atom. The molecule has 178 valence electrons. The lowest BCUT2D eigenvalue weighted by atomic mass is 9.87. The van der Waals surface area contributed by atoms with Crippen molar-refractivity contribution in [2.45, 2.75) is 47.1 Å². The number of nitrogens with one attached hydrogen (secondary N) is 2. The van der Waals surface area contributed by atoms with Gasteiger partial charge in [0.1, 0.15) is 6.61 Å². The molecule has 1 aliphatic heterocycles. The first-order chi connectivity index (χ1) is 14.4. The Balaban J connectivity index is 2.48. The third kappa shape index (κ3) is 10.2. The maximum Gasteiger partial charge on any atom is 0.576 e. The fourth-order valence-corrected chi connectivity index (χ4v) is 4.30. The summed E-state index contributed by atoms with van der Waals surface area (Å²) in [6.07, 6.45) is -1.06. The maximum atomic E-state index is 12.6. The Kier molecular flexibility index (Phi) is 11.3. The van der Waals surface area contributed by atoms with Crippen LogP contribution in [0.25, 0.3) is 0 Å². The molecule has 0 aromatic heterocycles. The lowest BCUT2D eigenvalue weighted by molar-refractivity contribution is -0.160. The van der Waals surface area contributed by atoms with Crippen LogP contribution < -0.4 is 10.6 Å². The van der Waals surface area contributed by atoms with Crippen LogP contribution >= 0.6 is 19.9 Å². The molecule has 1 fully saturated rings. The Morgan fingerprint density at radius 1 is 1.23 bits per heavy atom. The van der Waals surface area contributed by atoms with Gasteiger partial charge >= 0.3 is 14.1 Å². The number of rotatable bonds is 11. The van der Waals surface area contributed by atoms with Gasteiger partial charge in [-0.2, -0.15) is 9.42 Å². The normalized spacial score (nSPS) is 22.6. The molecule has 1 unspecified atom stereocenters. The Bertz CT molecular complexity index is 662. The van der Waals surface area contributed by atoms with E-state index in [4.69, 9.17) is 18.3 Å². The number of ether oxygens (including phenoxy) is 1. The van der Waals surface area contributed by atoms with Gasteiger partial charge in [-0.3, -0.25) is 19.2 Å². The van der Waals surface area contributed by atoms with Crippen molar-refractivity contribution in [3.8, 4) is 0 Å². The van der Waals surface area contributed by atoms with Crippen LogP contribution in [0.2, 0.25) is 0 Å². The van der Waals surface area contributed by atoms with Gasteiger partial charge in [-0.15, -0.1) is 9.05 Å². The zero-order chi connectivity index (χ0) is 23.7. The fraction of sp³-hybridized carbons (Fsp3) is 0.778. The molecule has 0 saturated carbocycles. The number of hydrogen-bond donors (Lipinski definition) is 3. The van der Waals surface area contributed by atoms with Gasteiger partial charge in [0.05, 0.1) is 5.92 Å². The minimum Gasteiger partial charge on any atom is -0.434 e. The summed E-state index contributed by atoms with van der Waals surface area (Å²) in [5.74, 6) is -1.21. The molecule has 11 nitrogen and oxygen atoms in total. The van der Waals surface area contributed by atoms with E-state index in [-0.39, 0.29) is 36.5 Å². The molecule has 1 heterocycles. The van der Waals surface area contributed by atoms with Crippen LogP contribution in [0, 0.1) is 11.3 Å². The number of hydrogen-bond acceptors (Lipinski definition) is 10. The molecular formula is C18H32N2O9PS+. The predicted molar refractivity (Wildman–Crippen MR) is 114 cm³/mol. The smallest absolute Gasteiger partial charge is 0.434 e. The minimum absolute atomic E-state index is 0.0227. The van der Waals surface area contributed by atoms with Crippen LogP contribution in [0.5, 0.6) is 0 Å². The van der Waals surface area contributed by atoms with Crippen molar-refractivity contribution in [1.29, 1.82) is 0 Å². The summed E-state index contributed by atoms with van der Waals surface area (Å²) < 4.78 is 20.6. The molecule has 1 rings (SSSR count). The van der Waals surface area contributed by atoms with E-state index in [0.717, 1.165) is 11.8 Å². The Morgan fingerprint density at radius 3 is 2.52 bits per heavy atom. The van der Waals surface area contributed by atoms with E-state index in [1.165, 1.54) is 6.92 Å². The standard InChI is InChI=1S/C18H31N2O9PS/c1-12(2)17(24)26-11-28-30(25)27-10-18(4,5)15(29-30)16(23)20-7-6-14(22)19-8-9-31-13(3)21/h12,15,25H,6-11H2,1-5H3,(H-,19,20,22,23)/p+1/t15-,30?/m0/s1. The van der Waals surface area contributed by atoms with Crippen molar-refractivity contribution < 1.29 is 42.4 Å². The maximum absolute atomic E-state index is 12.6. The lowest BCUT2D eigenvalue weighted by Gasteiger charge is -2.36. The van der Waals surface area contributed by atoms with Gasteiger partial charge in [0, 0.05) is 37.6 Å². The molecule has 0 aromatic rings. The molecule has 0 radical (unpaired) electrons. The zero-order valence-corrected chi connectivity index (χ0v) is 20.2. The third-order valence-corrected chi connectivity index (χ3v) is 6.23. The summed E-state index contributed by atoms with van der Waals surface area (Å²) >= 11 is 1.12. The topological polar surface area (TPSA) is 149 Å². The highest BCUT2D eigenvalue weighted by Gasteiger charge is 2.59. The molecule has 0 aromatic carbocycles. The highest BCUT2D eigenvalue weighted by Crippen LogP contribution is 2.63. The van der Waals surface area contributed by atoms with Crippen LogP contribution in [0.1, 0.15) is 41.0 Å². The molecule has 2 atom stereocenters. The van der Waals surface area contributed by atoms with Crippen molar-refractivity contribution in [1.82, 2.24) is 10.6 Å². The van der Waals surface area contributed by atoms with Gasteiger partial charge in [-0.05, 0) is 0 Å². The lowest BCUT2D eigenvalue weighted by Crippen LogP contribution is -2.51. The van der Waals surface area contributed by atoms with Crippen LogP contribution in [0.3, 0.4) is 0 Å². The van der Waals surface area contributed by atoms with E-state index in [1.54, 1.807) is 27.7 Å². The molecular weight excluding hydrogens is 451 g/mol. The Hall–Kier alpha value is -1.30. The van der Waals surface area contributed by atoms with Crippen LogP contribution in [0.15, 0.2) is 0 Å². The molecule has 0 spiro atoms. The van der Waals surface area contributed by atoms with Gasteiger partial charge in [-0.1, -0.05) is 39.5 Å². The van der Waals surface area contributed by atoms with Crippen LogP contribution in [0.4, 0.5) is 0 Å². The van der Waals surface area contributed by atoms with E-state index in [0.29, 0.717) is 12.3 Å². The molecule has 3 N–H and O–H groups in total. The van der Waals surface area contributed by atoms with Crippen LogP contribution in [-0.2, 0) is 37.5 Å². The fourth-order valence-electron chi connectivity index (χ4n) is 2.28. The van der Waals surface area contributed by atoms with Gasteiger partial charge in [-0.25, -0.2) is 0 Å². The SMILES string of the molecule is CC(=O)SCCNC(=O)CCNC(=O)[C@@H]1O[P+](O)(OCOC(=O)C(C)C)OCC1(C)C. The minimum atomic E-state index is -3.86. The van der Waals surface area contributed by atoms with Crippen molar-refractivity contribution in [2.24, 2.45) is 11.3 Å². The number of carbonyl (C=O) groups excluding carboxylic acids is 4. The van der Waals surface area contributed by atoms with E-state index in [2.05, 4.69) is 10.6 Å². The van der Waals surface area contributed by atoms with E-state index in [9.17, 15) is 24.1 Å². The Labute approximate surface area is 186 Å². The monoisotopic (exact) mass is 483 g/mol. The van der Waals surface area contributed by atoms with Crippen molar-refractivity contribution in [2.75, 3.05) is 32.2 Å². The number of carbonyl (C=O) groups is 4. The summed E-state index contributed by atoms with van der Waals surface area (Å²) in [5, 5.41) is 5.23. The number of amides is 2. The summed E-state index contributed by atoms with van der Waals surface area (Å²) in [6, 6.07) is 0. The predicted octanol–water partition coefficient (Wildman–Crippen LogP) is 1.17. The second kappa shape index (κ2) is 12.7. The van der Waals surface area contributed by atoms with E-state index >= 15 is 0 Å². The number of thioether (sulfide) groups is 1. The summed E-state index contributed by atoms with van der Waals surface area (Å²) in [6.45, 7) is 8.00. The highest BCUT2D eigenvalue weighted by molar-refractivity contribution is 8.13. The van der Waals surface area contributed by atoms with Crippen molar-refractivity contribution in [3.05, 3.63) is 0 Å². The molecule has 13 heteroatoms. The van der Waals surface area contributed by atoms with Gasteiger partial charge in [0.2, 0.25) is 12.7 Å². The second-order valence-corrected chi connectivity index (χ2v) is 10.7. The zero-order valence-electron chi connectivity index (χ0n) is 18.5. The first kappa shape index (κ1) is 27.7. The summed E-state index contributed by atoms with van der Waals surface area (Å²) in [4.78, 5) is 57.1. The van der Waals surface area contributed by atoms with Crippen molar-refractivity contribution in [3.63, 3.8) is 0 Å². The first-order valence-corrected chi connectivity index (χ1v) is 12.3. The highest BCUT2D eigenvalue weighted by atomic mass is 32.2. The molecule has 1 saturated heterocycles. The largest absolute Gasteiger partial charge is 0.576 e.